The SMILES string of the molecule is O=C(Nc1cccc(Cl)c1)N[C@@H](Cc1ccccc1)C(=O)N1CCCC1. The average Bonchev–Trinajstić information content (AvgIpc) is 3.16. The highest BCUT2D eigenvalue weighted by Crippen LogP contribution is 2.15. The standard InChI is InChI=1S/C20H22ClN3O2/c21-16-9-6-10-17(14-16)22-20(26)23-18(13-15-7-2-1-3-8-15)19(25)24-11-4-5-12-24/h1-3,6-10,14,18H,4-5,11-13H2,(H2,22,23,26)/t18-/m0/s1. The molecule has 0 bridgehead atoms. The van der Waals surface area contributed by atoms with E-state index in [4.69, 9.17) is 11.6 Å². The second-order valence-corrected chi connectivity index (χ2v) is 6.82. The van der Waals surface area contributed by atoms with Gasteiger partial charge in [0.05, 0.1) is 0 Å². The number of carbonyl (C=O) groups excluding carboxylic acids is 2. The Balaban J connectivity index is 1.69. The second-order valence-electron chi connectivity index (χ2n) is 6.38. The molecule has 2 aromatic carbocycles. The number of nitrogens with one attached hydrogen (secondary N) is 2. The Hall–Kier alpha value is -2.53. The van der Waals surface area contributed by atoms with Crippen LogP contribution in [0.1, 0.15) is 18.4 Å². The van der Waals surface area contributed by atoms with E-state index in [1.165, 1.54) is 0 Å². The molecule has 1 heterocycles. The van der Waals surface area contributed by atoms with Crippen LogP contribution < -0.4 is 10.6 Å². The summed E-state index contributed by atoms with van der Waals surface area (Å²) in [6.45, 7) is 1.50. The molecule has 0 spiro atoms. The van der Waals surface area contributed by atoms with Gasteiger partial charge in [0.15, 0.2) is 0 Å². The van der Waals surface area contributed by atoms with Crippen molar-refractivity contribution in [3.8, 4) is 0 Å². The summed E-state index contributed by atoms with van der Waals surface area (Å²) in [7, 11) is 0. The molecule has 6 heteroatoms. The maximum Gasteiger partial charge on any atom is 0.319 e. The van der Waals surface area contributed by atoms with Gasteiger partial charge >= 0.3 is 6.03 Å². The van der Waals surface area contributed by atoms with E-state index in [1.807, 2.05) is 35.2 Å². The number of anilines is 1. The first-order valence-corrected chi connectivity index (χ1v) is 9.15. The lowest BCUT2D eigenvalue weighted by Gasteiger charge is -2.24. The highest BCUT2D eigenvalue weighted by atomic mass is 35.5. The molecular weight excluding hydrogens is 350 g/mol. The summed E-state index contributed by atoms with van der Waals surface area (Å²) in [5.41, 5.74) is 1.59. The van der Waals surface area contributed by atoms with Crippen molar-refractivity contribution >= 4 is 29.2 Å². The summed E-state index contributed by atoms with van der Waals surface area (Å²) in [6.07, 6.45) is 2.48. The molecule has 136 valence electrons. The zero-order valence-electron chi connectivity index (χ0n) is 14.5. The van der Waals surface area contributed by atoms with Gasteiger partial charge < -0.3 is 15.5 Å². The van der Waals surface area contributed by atoms with Gasteiger partial charge in [0.2, 0.25) is 5.91 Å². The second kappa shape index (κ2) is 8.72. The molecule has 1 atom stereocenters. The molecule has 0 radical (unpaired) electrons. The topological polar surface area (TPSA) is 61.4 Å². The van der Waals surface area contributed by atoms with Crippen molar-refractivity contribution in [2.75, 3.05) is 18.4 Å². The van der Waals surface area contributed by atoms with Crippen LogP contribution in [-0.4, -0.2) is 36.0 Å². The Morgan fingerprint density at radius 3 is 2.46 bits per heavy atom. The molecule has 3 rings (SSSR count). The number of nitrogens with zero attached hydrogens (tertiary/aromatic N) is 1. The van der Waals surface area contributed by atoms with E-state index in [0.29, 0.717) is 17.1 Å². The van der Waals surface area contributed by atoms with Crippen LogP contribution in [0.25, 0.3) is 0 Å². The molecule has 3 amide bonds. The van der Waals surface area contributed by atoms with Crippen LogP contribution in [0.2, 0.25) is 5.02 Å². The third-order valence-corrected chi connectivity index (χ3v) is 4.62. The Morgan fingerprint density at radius 2 is 1.77 bits per heavy atom. The van der Waals surface area contributed by atoms with E-state index in [9.17, 15) is 9.59 Å². The molecule has 1 fully saturated rings. The van der Waals surface area contributed by atoms with Crippen LogP contribution in [0.3, 0.4) is 0 Å². The molecule has 0 unspecified atom stereocenters. The van der Waals surface area contributed by atoms with E-state index in [2.05, 4.69) is 10.6 Å². The number of benzene rings is 2. The minimum atomic E-state index is -0.602. The largest absolute Gasteiger partial charge is 0.341 e. The first-order valence-electron chi connectivity index (χ1n) is 8.77. The minimum absolute atomic E-state index is 0.0346. The fourth-order valence-electron chi connectivity index (χ4n) is 3.10. The van der Waals surface area contributed by atoms with Gasteiger partial charge in [0.25, 0.3) is 0 Å². The van der Waals surface area contributed by atoms with Crippen molar-refractivity contribution in [2.24, 2.45) is 0 Å². The molecule has 0 aliphatic carbocycles. The van der Waals surface area contributed by atoms with Gasteiger partial charge in [-0.05, 0) is 36.6 Å². The van der Waals surface area contributed by atoms with Crippen LogP contribution in [0.5, 0.6) is 0 Å². The normalized spacial score (nSPS) is 14.7. The number of amides is 3. The van der Waals surface area contributed by atoms with Gasteiger partial charge in [-0.1, -0.05) is 48.0 Å². The number of hydrogen-bond acceptors (Lipinski definition) is 2. The third-order valence-electron chi connectivity index (χ3n) is 4.39. The lowest BCUT2D eigenvalue weighted by atomic mass is 10.0. The first-order chi connectivity index (χ1) is 12.6. The molecular formula is C20H22ClN3O2. The summed E-state index contributed by atoms with van der Waals surface area (Å²) < 4.78 is 0. The highest BCUT2D eigenvalue weighted by Gasteiger charge is 2.28. The van der Waals surface area contributed by atoms with Crippen LogP contribution in [-0.2, 0) is 11.2 Å². The van der Waals surface area contributed by atoms with Gasteiger partial charge in [0, 0.05) is 30.2 Å². The Kier molecular flexibility index (Phi) is 6.12. The van der Waals surface area contributed by atoms with E-state index >= 15 is 0 Å². The lowest BCUT2D eigenvalue weighted by Crippen LogP contribution is -2.50. The van der Waals surface area contributed by atoms with Crippen molar-refractivity contribution in [1.29, 1.82) is 0 Å². The molecule has 2 aromatic rings. The summed E-state index contributed by atoms with van der Waals surface area (Å²) in [6, 6.07) is 15.6. The fraction of sp³-hybridized carbons (Fsp3) is 0.300. The van der Waals surface area contributed by atoms with Crippen LogP contribution in [0, 0.1) is 0 Å². The van der Waals surface area contributed by atoms with Gasteiger partial charge in [-0.2, -0.15) is 0 Å². The molecule has 0 saturated carbocycles. The average molecular weight is 372 g/mol. The number of likely N-dealkylation sites (tertiary alicyclic amines) is 1. The number of rotatable bonds is 5. The van der Waals surface area contributed by atoms with E-state index in [1.54, 1.807) is 24.3 Å². The summed E-state index contributed by atoms with van der Waals surface area (Å²) in [4.78, 5) is 27.1. The van der Waals surface area contributed by atoms with Crippen molar-refractivity contribution in [2.45, 2.75) is 25.3 Å². The van der Waals surface area contributed by atoms with Crippen molar-refractivity contribution in [3.05, 3.63) is 65.2 Å². The Labute approximate surface area is 158 Å². The predicted octanol–water partition coefficient (Wildman–Crippen LogP) is 3.70. The highest BCUT2D eigenvalue weighted by molar-refractivity contribution is 6.30. The zero-order valence-corrected chi connectivity index (χ0v) is 15.2. The first kappa shape index (κ1) is 18.3. The van der Waals surface area contributed by atoms with Gasteiger partial charge in [-0.25, -0.2) is 4.79 Å². The molecule has 1 aliphatic heterocycles. The van der Waals surface area contributed by atoms with Crippen molar-refractivity contribution < 1.29 is 9.59 Å². The molecule has 5 nitrogen and oxygen atoms in total. The quantitative estimate of drug-likeness (QED) is 0.841. The number of halogens is 1. The van der Waals surface area contributed by atoms with E-state index < -0.39 is 12.1 Å². The van der Waals surface area contributed by atoms with Crippen LogP contribution in [0.15, 0.2) is 54.6 Å². The van der Waals surface area contributed by atoms with Gasteiger partial charge in [-0.15, -0.1) is 0 Å². The predicted molar refractivity (Wildman–Crippen MR) is 103 cm³/mol. The summed E-state index contributed by atoms with van der Waals surface area (Å²) in [5, 5.41) is 6.10. The van der Waals surface area contributed by atoms with E-state index in [-0.39, 0.29) is 5.91 Å². The summed E-state index contributed by atoms with van der Waals surface area (Å²) >= 11 is 5.95. The summed E-state index contributed by atoms with van der Waals surface area (Å²) in [5.74, 6) is -0.0346. The van der Waals surface area contributed by atoms with E-state index in [0.717, 1.165) is 31.5 Å². The fourth-order valence-corrected chi connectivity index (χ4v) is 3.29. The molecule has 1 saturated heterocycles. The molecule has 2 N–H and O–H groups in total. The zero-order chi connectivity index (χ0) is 18.4. The smallest absolute Gasteiger partial charge is 0.319 e. The maximum atomic E-state index is 12.9. The monoisotopic (exact) mass is 371 g/mol. The number of urea groups is 1. The van der Waals surface area contributed by atoms with Crippen LogP contribution >= 0.6 is 11.6 Å². The number of carbonyl (C=O) groups is 2. The molecule has 26 heavy (non-hydrogen) atoms. The lowest BCUT2D eigenvalue weighted by molar-refractivity contribution is -0.132. The molecule has 0 aromatic heterocycles. The van der Waals surface area contributed by atoms with Crippen LogP contribution in [0.4, 0.5) is 10.5 Å². The minimum Gasteiger partial charge on any atom is -0.341 e. The van der Waals surface area contributed by atoms with Gasteiger partial charge in [0.1, 0.15) is 6.04 Å². The maximum absolute atomic E-state index is 12.9. The Morgan fingerprint density at radius 1 is 1.04 bits per heavy atom. The number of hydrogen-bond donors (Lipinski definition) is 2. The molecule has 1 aliphatic rings. The van der Waals surface area contributed by atoms with Crippen molar-refractivity contribution in [1.82, 2.24) is 10.2 Å². The van der Waals surface area contributed by atoms with Gasteiger partial charge in [-0.3, -0.25) is 4.79 Å². The third kappa shape index (κ3) is 4.99. The Bertz CT molecular complexity index is 761. The van der Waals surface area contributed by atoms with Crippen molar-refractivity contribution in [3.63, 3.8) is 0 Å².